The third-order valence-electron chi connectivity index (χ3n) is 4.71. The molecule has 1 aliphatic heterocycles. The topological polar surface area (TPSA) is 66.5 Å². The number of nitrogens with zero attached hydrogens (tertiary/aromatic N) is 1. The summed E-state index contributed by atoms with van der Waals surface area (Å²) in [6.45, 7) is 1.66. The van der Waals surface area contributed by atoms with Crippen molar-refractivity contribution in [2.24, 2.45) is 5.92 Å². The van der Waals surface area contributed by atoms with E-state index in [2.05, 4.69) is 5.32 Å². The minimum absolute atomic E-state index is 0.113. The van der Waals surface area contributed by atoms with Crippen LogP contribution in [0.15, 0.2) is 16.3 Å². The Kier molecular flexibility index (Phi) is 5.38. The smallest absolute Gasteiger partial charge is 0.252 e. The maximum absolute atomic E-state index is 12.5. The van der Waals surface area contributed by atoms with Gasteiger partial charge in [0, 0.05) is 23.9 Å². The highest BCUT2D eigenvalue weighted by molar-refractivity contribution is 7.91. The van der Waals surface area contributed by atoms with Crippen molar-refractivity contribution in [3.8, 4) is 0 Å². The van der Waals surface area contributed by atoms with E-state index >= 15 is 0 Å². The molecule has 0 radical (unpaired) electrons. The van der Waals surface area contributed by atoms with Crippen LogP contribution in [-0.4, -0.2) is 31.7 Å². The second kappa shape index (κ2) is 7.32. The van der Waals surface area contributed by atoms with Crippen LogP contribution in [0.2, 0.25) is 0 Å². The van der Waals surface area contributed by atoms with Crippen LogP contribution in [0.3, 0.4) is 0 Å². The van der Waals surface area contributed by atoms with Gasteiger partial charge in [0.05, 0.1) is 6.54 Å². The molecule has 0 bridgehead atoms. The van der Waals surface area contributed by atoms with E-state index in [-0.39, 0.29) is 11.8 Å². The fraction of sp³-hybridized carbons (Fsp3) is 0.688. The normalized spacial score (nSPS) is 20.7. The average molecular weight is 357 g/mol. The fourth-order valence-electron chi connectivity index (χ4n) is 3.33. The maximum Gasteiger partial charge on any atom is 0.252 e. The lowest BCUT2D eigenvalue weighted by molar-refractivity contribution is -0.126. The van der Waals surface area contributed by atoms with Gasteiger partial charge in [-0.15, -0.1) is 11.3 Å². The summed E-state index contributed by atoms with van der Waals surface area (Å²) in [6, 6.07) is 3.48. The third kappa shape index (κ3) is 3.95. The van der Waals surface area contributed by atoms with Crippen LogP contribution in [-0.2, 0) is 21.4 Å². The second-order valence-corrected chi connectivity index (χ2v) is 9.72. The first-order valence-corrected chi connectivity index (χ1v) is 10.7. The van der Waals surface area contributed by atoms with E-state index in [9.17, 15) is 13.2 Å². The van der Waals surface area contributed by atoms with Gasteiger partial charge in [-0.25, -0.2) is 8.42 Å². The quantitative estimate of drug-likeness (QED) is 0.882. The van der Waals surface area contributed by atoms with Gasteiger partial charge in [-0.2, -0.15) is 4.31 Å². The molecule has 2 heterocycles. The first kappa shape index (κ1) is 16.9. The Bertz CT molecular complexity index is 642. The Labute approximate surface area is 142 Å². The summed E-state index contributed by atoms with van der Waals surface area (Å²) in [4.78, 5) is 13.0. The molecular weight excluding hydrogens is 332 g/mol. The van der Waals surface area contributed by atoms with Crippen LogP contribution in [0.4, 0.5) is 0 Å². The lowest BCUT2D eigenvalue weighted by atomic mass is 9.89. The highest BCUT2D eigenvalue weighted by Crippen LogP contribution is 2.28. The lowest BCUT2D eigenvalue weighted by Gasteiger charge is -2.20. The molecule has 128 valence electrons. The largest absolute Gasteiger partial charge is 0.351 e. The van der Waals surface area contributed by atoms with Crippen molar-refractivity contribution < 1.29 is 13.2 Å². The van der Waals surface area contributed by atoms with Crippen molar-refractivity contribution in [3.05, 3.63) is 17.0 Å². The van der Waals surface area contributed by atoms with Gasteiger partial charge < -0.3 is 5.32 Å². The van der Waals surface area contributed by atoms with Crippen LogP contribution >= 0.6 is 11.3 Å². The summed E-state index contributed by atoms with van der Waals surface area (Å²) in [5, 5.41) is 2.97. The van der Waals surface area contributed by atoms with Crippen LogP contribution in [0, 0.1) is 5.92 Å². The van der Waals surface area contributed by atoms with E-state index in [1.54, 1.807) is 10.4 Å². The van der Waals surface area contributed by atoms with E-state index in [1.165, 1.54) is 17.8 Å². The Balaban J connectivity index is 1.57. The summed E-state index contributed by atoms with van der Waals surface area (Å²) in [5.41, 5.74) is 0. The minimum atomic E-state index is -3.34. The van der Waals surface area contributed by atoms with Crippen molar-refractivity contribution >= 4 is 27.3 Å². The van der Waals surface area contributed by atoms with Gasteiger partial charge in [0.2, 0.25) is 5.91 Å². The molecule has 5 nitrogen and oxygen atoms in total. The molecular formula is C16H24N2O3S2. The molecule has 0 atom stereocenters. The zero-order chi connectivity index (χ0) is 16.3. The number of sulfonamides is 1. The van der Waals surface area contributed by atoms with Gasteiger partial charge in [0.15, 0.2) is 0 Å². The Hall–Kier alpha value is -0.920. The van der Waals surface area contributed by atoms with Crippen molar-refractivity contribution in [2.45, 2.75) is 55.7 Å². The van der Waals surface area contributed by atoms with E-state index in [0.717, 1.165) is 43.4 Å². The lowest BCUT2D eigenvalue weighted by Crippen LogP contribution is -2.31. The number of hydrogen-bond acceptors (Lipinski definition) is 4. The van der Waals surface area contributed by atoms with Gasteiger partial charge in [-0.3, -0.25) is 4.79 Å². The molecule has 1 amide bonds. The molecule has 1 saturated carbocycles. The maximum atomic E-state index is 12.5. The Morgan fingerprint density at radius 1 is 1.13 bits per heavy atom. The van der Waals surface area contributed by atoms with Gasteiger partial charge >= 0.3 is 0 Å². The number of nitrogens with one attached hydrogen (secondary N) is 1. The Morgan fingerprint density at radius 3 is 2.52 bits per heavy atom. The predicted molar refractivity (Wildman–Crippen MR) is 90.7 cm³/mol. The molecule has 0 aromatic carbocycles. The number of hydrogen-bond donors (Lipinski definition) is 1. The zero-order valence-corrected chi connectivity index (χ0v) is 14.9. The van der Waals surface area contributed by atoms with E-state index in [4.69, 9.17) is 0 Å². The molecule has 1 N–H and O–H groups in total. The molecule has 1 saturated heterocycles. The summed E-state index contributed by atoms with van der Waals surface area (Å²) in [5.74, 6) is 0.249. The molecule has 0 unspecified atom stereocenters. The molecule has 2 aliphatic rings. The predicted octanol–water partition coefficient (Wildman–Crippen LogP) is 2.73. The number of thiophene rings is 1. The summed E-state index contributed by atoms with van der Waals surface area (Å²) < 4.78 is 26.9. The van der Waals surface area contributed by atoms with Crippen LogP contribution in [0.5, 0.6) is 0 Å². The summed E-state index contributed by atoms with van der Waals surface area (Å²) in [6.07, 6.45) is 7.33. The highest BCUT2D eigenvalue weighted by atomic mass is 32.2. The van der Waals surface area contributed by atoms with Crippen molar-refractivity contribution in [1.29, 1.82) is 0 Å². The fourth-order valence-corrected chi connectivity index (χ4v) is 6.30. The molecule has 2 fully saturated rings. The number of carbonyl (C=O) groups excluding carboxylic acids is 1. The van der Waals surface area contributed by atoms with Gasteiger partial charge in [-0.1, -0.05) is 19.3 Å². The number of rotatable bonds is 5. The van der Waals surface area contributed by atoms with Gasteiger partial charge in [-0.05, 0) is 37.8 Å². The standard InChI is InChI=1S/C16H24N2O3S2/c19-16(13-6-2-1-3-7-13)17-12-14-8-9-15(22-14)23(20,21)18-10-4-5-11-18/h8-9,13H,1-7,10-12H2,(H,17,19). The molecule has 0 spiro atoms. The summed E-state index contributed by atoms with van der Waals surface area (Å²) in [7, 11) is -3.34. The first-order chi connectivity index (χ1) is 11.1. The van der Waals surface area contributed by atoms with Crippen molar-refractivity contribution in [1.82, 2.24) is 9.62 Å². The SMILES string of the molecule is O=C(NCc1ccc(S(=O)(=O)N2CCCC2)s1)C1CCCCC1. The third-order valence-corrected chi connectivity index (χ3v) is 8.16. The van der Waals surface area contributed by atoms with Crippen LogP contribution in [0.1, 0.15) is 49.8 Å². The van der Waals surface area contributed by atoms with E-state index < -0.39 is 10.0 Å². The Morgan fingerprint density at radius 2 is 1.83 bits per heavy atom. The van der Waals surface area contributed by atoms with E-state index in [1.807, 2.05) is 6.07 Å². The highest BCUT2D eigenvalue weighted by Gasteiger charge is 2.28. The minimum Gasteiger partial charge on any atom is -0.351 e. The monoisotopic (exact) mass is 356 g/mol. The molecule has 1 aliphatic carbocycles. The van der Waals surface area contributed by atoms with Crippen LogP contribution < -0.4 is 5.32 Å². The van der Waals surface area contributed by atoms with Crippen molar-refractivity contribution in [2.75, 3.05) is 13.1 Å². The molecule has 1 aromatic heterocycles. The molecule has 3 rings (SSSR count). The van der Waals surface area contributed by atoms with Crippen molar-refractivity contribution in [3.63, 3.8) is 0 Å². The van der Waals surface area contributed by atoms with Crippen LogP contribution in [0.25, 0.3) is 0 Å². The molecule has 7 heteroatoms. The zero-order valence-electron chi connectivity index (χ0n) is 13.3. The second-order valence-electron chi connectivity index (χ2n) is 6.38. The van der Waals surface area contributed by atoms with E-state index in [0.29, 0.717) is 23.8 Å². The first-order valence-electron chi connectivity index (χ1n) is 8.44. The van der Waals surface area contributed by atoms with Gasteiger partial charge in [0.1, 0.15) is 4.21 Å². The number of amides is 1. The number of carbonyl (C=O) groups is 1. The molecule has 1 aromatic rings. The van der Waals surface area contributed by atoms with Gasteiger partial charge in [0.25, 0.3) is 10.0 Å². The molecule has 23 heavy (non-hydrogen) atoms. The summed E-state index contributed by atoms with van der Waals surface area (Å²) >= 11 is 1.27. The average Bonchev–Trinajstić information content (AvgIpc) is 3.25.